The van der Waals surface area contributed by atoms with E-state index in [2.05, 4.69) is 49.5 Å². The number of rotatable bonds is 8. The maximum Gasteiger partial charge on any atom is 0.278 e. The Labute approximate surface area is 180 Å². The molecule has 1 saturated heterocycles. The topological polar surface area (TPSA) is 61.8 Å². The Hall–Kier alpha value is -2.68. The van der Waals surface area contributed by atoms with E-state index in [0.29, 0.717) is 5.56 Å². The van der Waals surface area contributed by atoms with Gasteiger partial charge < -0.3 is 15.1 Å². The molecule has 158 valence electrons. The second kappa shape index (κ2) is 10.9. The van der Waals surface area contributed by atoms with Gasteiger partial charge in [0.2, 0.25) is 0 Å². The molecule has 1 aliphatic rings. The highest BCUT2D eigenvalue weighted by molar-refractivity contribution is 5.80. The number of carbonyl (C=O) groups is 1. The fraction of sp³-hybridized carbons (Fsp3) is 0.440. The number of nitriles is 1. The first kappa shape index (κ1) is 22.0. The Balaban J connectivity index is 1.50. The SMILES string of the molecule is CCC[C@@H](NC(=O)[C@H](C)[NH+]1CC[NH+](Cc2ccc(C#N)cc2)CC1)c1ccccc1. The van der Waals surface area contributed by atoms with Gasteiger partial charge in [0, 0.05) is 5.56 Å². The summed E-state index contributed by atoms with van der Waals surface area (Å²) in [6, 6.07) is 20.4. The highest BCUT2D eigenvalue weighted by Gasteiger charge is 2.32. The molecule has 0 bridgehead atoms. The predicted octanol–water partition coefficient (Wildman–Crippen LogP) is 0.888. The lowest BCUT2D eigenvalue weighted by molar-refractivity contribution is -1.02. The number of nitrogens with one attached hydrogen (secondary N) is 3. The zero-order valence-corrected chi connectivity index (χ0v) is 18.2. The quantitative estimate of drug-likeness (QED) is 0.610. The van der Waals surface area contributed by atoms with Crippen LogP contribution in [0.5, 0.6) is 0 Å². The third-order valence-electron chi connectivity index (χ3n) is 6.24. The summed E-state index contributed by atoms with van der Waals surface area (Å²) in [5, 5.41) is 12.2. The summed E-state index contributed by atoms with van der Waals surface area (Å²) in [5.41, 5.74) is 3.16. The van der Waals surface area contributed by atoms with Gasteiger partial charge >= 0.3 is 0 Å². The van der Waals surface area contributed by atoms with Crippen molar-refractivity contribution in [3.63, 3.8) is 0 Å². The summed E-state index contributed by atoms with van der Waals surface area (Å²) in [6.07, 6.45) is 2.00. The highest BCUT2D eigenvalue weighted by Crippen LogP contribution is 2.18. The molecular formula is C25H34N4O+2. The smallest absolute Gasteiger partial charge is 0.278 e. The van der Waals surface area contributed by atoms with E-state index in [4.69, 9.17) is 5.26 Å². The zero-order chi connectivity index (χ0) is 21.3. The minimum atomic E-state index is -0.0375. The highest BCUT2D eigenvalue weighted by atomic mass is 16.2. The molecule has 5 heteroatoms. The first-order valence-electron chi connectivity index (χ1n) is 11.1. The zero-order valence-electron chi connectivity index (χ0n) is 18.2. The number of nitrogens with zero attached hydrogens (tertiary/aromatic N) is 1. The van der Waals surface area contributed by atoms with Gasteiger partial charge in [-0.05, 0) is 31.0 Å². The molecule has 30 heavy (non-hydrogen) atoms. The summed E-state index contributed by atoms with van der Waals surface area (Å²) in [6.45, 7) is 9.32. The van der Waals surface area contributed by atoms with E-state index in [1.807, 2.05) is 30.3 Å². The Morgan fingerprint density at radius 1 is 1.07 bits per heavy atom. The first-order valence-corrected chi connectivity index (χ1v) is 11.1. The molecule has 1 heterocycles. The molecule has 5 nitrogen and oxygen atoms in total. The number of hydrogen-bond donors (Lipinski definition) is 3. The largest absolute Gasteiger partial charge is 0.344 e. The number of quaternary nitrogens is 2. The molecule has 2 aromatic rings. The van der Waals surface area contributed by atoms with Gasteiger partial charge in [-0.2, -0.15) is 5.26 Å². The number of amides is 1. The van der Waals surface area contributed by atoms with Crippen LogP contribution in [0.4, 0.5) is 0 Å². The van der Waals surface area contributed by atoms with Gasteiger partial charge in [0.1, 0.15) is 32.7 Å². The van der Waals surface area contributed by atoms with Crippen molar-refractivity contribution in [2.45, 2.75) is 45.3 Å². The van der Waals surface area contributed by atoms with E-state index in [9.17, 15) is 4.79 Å². The molecule has 2 aromatic carbocycles. The molecule has 0 unspecified atom stereocenters. The van der Waals surface area contributed by atoms with Crippen LogP contribution >= 0.6 is 0 Å². The van der Waals surface area contributed by atoms with Crippen LogP contribution in [0.3, 0.4) is 0 Å². The monoisotopic (exact) mass is 406 g/mol. The summed E-state index contributed by atoms with van der Waals surface area (Å²) in [4.78, 5) is 15.9. The number of carbonyl (C=O) groups excluding carboxylic acids is 1. The first-order chi connectivity index (χ1) is 14.6. The fourth-order valence-electron chi connectivity index (χ4n) is 4.30. The van der Waals surface area contributed by atoms with Crippen molar-refractivity contribution in [2.24, 2.45) is 0 Å². The molecule has 0 spiro atoms. The Kier molecular flexibility index (Phi) is 8.01. The van der Waals surface area contributed by atoms with E-state index in [1.165, 1.54) is 16.0 Å². The lowest BCUT2D eigenvalue weighted by Gasteiger charge is -2.33. The van der Waals surface area contributed by atoms with E-state index in [1.54, 1.807) is 4.90 Å². The van der Waals surface area contributed by atoms with Crippen LogP contribution in [-0.2, 0) is 11.3 Å². The molecule has 0 aliphatic carbocycles. The maximum atomic E-state index is 13.0. The Bertz CT molecular complexity index is 836. The van der Waals surface area contributed by atoms with E-state index in [0.717, 1.165) is 45.6 Å². The van der Waals surface area contributed by atoms with E-state index in [-0.39, 0.29) is 18.0 Å². The van der Waals surface area contributed by atoms with Crippen LogP contribution in [0, 0.1) is 11.3 Å². The van der Waals surface area contributed by atoms with Crippen molar-refractivity contribution in [3.05, 3.63) is 71.3 Å². The second-order valence-electron chi connectivity index (χ2n) is 8.38. The van der Waals surface area contributed by atoms with Crippen molar-refractivity contribution in [1.82, 2.24) is 5.32 Å². The van der Waals surface area contributed by atoms with Gasteiger partial charge in [0.25, 0.3) is 5.91 Å². The van der Waals surface area contributed by atoms with Crippen LogP contribution in [0.1, 0.15) is 49.4 Å². The van der Waals surface area contributed by atoms with Gasteiger partial charge in [-0.25, -0.2) is 0 Å². The third kappa shape index (κ3) is 5.91. The van der Waals surface area contributed by atoms with Crippen molar-refractivity contribution in [1.29, 1.82) is 5.26 Å². The van der Waals surface area contributed by atoms with Gasteiger partial charge in [-0.3, -0.25) is 4.79 Å². The summed E-state index contributed by atoms with van der Waals surface area (Å²) in [7, 11) is 0. The van der Waals surface area contributed by atoms with Crippen LogP contribution < -0.4 is 15.1 Å². The van der Waals surface area contributed by atoms with Crippen molar-refractivity contribution in [2.75, 3.05) is 26.2 Å². The molecular weight excluding hydrogens is 372 g/mol. The van der Waals surface area contributed by atoms with Crippen LogP contribution in [0.2, 0.25) is 0 Å². The molecule has 0 aromatic heterocycles. The number of benzene rings is 2. The maximum absolute atomic E-state index is 13.0. The average molecular weight is 407 g/mol. The molecule has 0 radical (unpaired) electrons. The molecule has 3 N–H and O–H groups in total. The number of piperazine rings is 1. The minimum absolute atomic E-state index is 0.0375. The molecule has 1 aliphatic heterocycles. The molecule has 1 amide bonds. The Morgan fingerprint density at radius 2 is 1.73 bits per heavy atom. The predicted molar refractivity (Wildman–Crippen MR) is 118 cm³/mol. The lowest BCUT2D eigenvalue weighted by atomic mass is 10.0. The second-order valence-corrected chi connectivity index (χ2v) is 8.38. The van der Waals surface area contributed by atoms with Crippen molar-refractivity contribution < 1.29 is 14.6 Å². The molecule has 3 rings (SSSR count). The van der Waals surface area contributed by atoms with Gasteiger partial charge in [-0.1, -0.05) is 55.8 Å². The normalized spacial score (nSPS) is 20.7. The van der Waals surface area contributed by atoms with Crippen LogP contribution in [-0.4, -0.2) is 38.1 Å². The minimum Gasteiger partial charge on any atom is -0.344 e. The average Bonchev–Trinajstić information content (AvgIpc) is 2.80. The standard InChI is InChI=1S/C25H32N4O/c1-3-7-24(23-8-5-4-6-9-23)27-25(30)20(2)29-16-14-28(15-17-29)19-22-12-10-21(18-26)11-13-22/h4-6,8-13,20,24H,3,7,14-17,19H2,1-2H3,(H,27,30)/p+2/t20-,24+/m0/s1. The van der Waals surface area contributed by atoms with E-state index >= 15 is 0 Å². The van der Waals surface area contributed by atoms with Gasteiger partial charge in [-0.15, -0.1) is 0 Å². The lowest BCUT2D eigenvalue weighted by Crippen LogP contribution is -3.29. The van der Waals surface area contributed by atoms with Crippen LogP contribution in [0.15, 0.2) is 54.6 Å². The van der Waals surface area contributed by atoms with Crippen LogP contribution in [0.25, 0.3) is 0 Å². The Morgan fingerprint density at radius 3 is 2.33 bits per heavy atom. The number of hydrogen-bond acceptors (Lipinski definition) is 2. The summed E-state index contributed by atoms with van der Waals surface area (Å²) in [5.74, 6) is 0.155. The van der Waals surface area contributed by atoms with E-state index < -0.39 is 0 Å². The molecule has 2 atom stereocenters. The van der Waals surface area contributed by atoms with Gasteiger partial charge in [0.15, 0.2) is 6.04 Å². The summed E-state index contributed by atoms with van der Waals surface area (Å²) < 4.78 is 0. The summed E-state index contributed by atoms with van der Waals surface area (Å²) >= 11 is 0. The van der Waals surface area contributed by atoms with Gasteiger partial charge in [0.05, 0.1) is 17.7 Å². The van der Waals surface area contributed by atoms with Crippen molar-refractivity contribution in [3.8, 4) is 6.07 Å². The fourth-order valence-corrected chi connectivity index (χ4v) is 4.30. The van der Waals surface area contributed by atoms with Crippen molar-refractivity contribution >= 4 is 5.91 Å². The molecule has 1 fully saturated rings. The molecule has 0 saturated carbocycles. The third-order valence-corrected chi connectivity index (χ3v) is 6.24.